The number of aromatic amines is 2. The summed E-state index contributed by atoms with van der Waals surface area (Å²) in [6, 6.07) is 11.8. The van der Waals surface area contributed by atoms with Crippen LogP contribution in [0, 0.1) is 0 Å². The van der Waals surface area contributed by atoms with Crippen LogP contribution in [0.3, 0.4) is 0 Å². The van der Waals surface area contributed by atoms with Crippen LogP contribution in [0.5, 0.6) is 0 Å². The number of rotatable bonds is 8. The van der Waals surface area contributed by atoms with Gasteiger partial charge in [-0.1, -0.05) is 31.9 Å². The third-order valence-corrected chi connectivity index (χ3v) is 5.93. The molecule has 168 valence electrons. The number of amides is 2. The fraction of sp³-hybridized carbons (Fsp3) is 0.130. The molecule has 2 aromatic carbocycles. The maximum absolute atomic E-state index is 12.0. The molecule has 0 saturated heterocycles. The van der Waals surface area contributed by atoms with Crippen molar-refractivity contribution >= 4 is 77.9 Å². The van der Waals surface area contributed by atoms with E-state index in [1.807, 2.05) is 48.8 Å². The Morgan fingerprint density at radius 1 is 0.788 bits per heavy atom. The number of halogens is 2. The van der Waals surface area contributed by atoms with E-state index in [1.165, 1.54) is 0 Å². The summed E-state index contributed by atoms with van der Waals surface area (Å²) in [7, 11) is 0. The van der Waals surface area contributed by atoms with Crippen LogP contribution in [-0.2, 0) is 9.59 Å². The van der Waals surface area contributed by atoms with Crippen LogP contribution in [0.25, 0.3) is 21.8 Å². The molecule has 10 heteroatoms. The predicted molar refractivity (Wildman–Crippen MR) is 137 cm³/mol. The summed E-state index contributed by atoms with van der Waals surface area (Å²) in [4.78, 5) is 30.3. The summed E-state index contributed by atoms with van der Waals surface area (Å²) in [5, 5.41) is 10.0. The van der Waals surface area contributed by atoms with Crippen molar-refractivity contribution in [1.82, 2.24) is 20.8 Å². The molecule has 0 saturated carbocycles. The molecule has 0 fully saturated rings. The fourth-order valence-electron chi connectivity index (χ4n) is 3.31. The van der Waals surface area contributed by atoms with E-state index in [-0.39, 0.29) is 24.7 Å². The first-order chi connectivity index (χ1) is 16.0. The van der Waals surface area contributed by atoms with Gasteiger partial charge in [-0.05, 0) is 42.8 Å². The normalized spacial score (nSPS) is 11.7. The highest BCUT2D eigenvalue weighted by molar-refractivity contribution is 9.10. The first-order valence-corrected chi connectivity index (χ1v) is 11.8. The zero-order chi connectivity index (χ0) is 23.2. The van der Waals surface area contributed by atoms with E-state index in [0.29, 0.717) is 6.42 Å². The number of aromatic nitrogens is 2. The van der Waals surface area contributed by atoms with E-state index in [2.05, 4.69) is 62.9 Å². The van der Waals surface area contributed by atoms with Gasteiger partial charge in [-0.25, -0.2) is 10.9 Å². The SMILES string of the molecule is O=C(CCCC(=O)N/N=C/c1c[nH]c2ccc(Br)cc12)N/N=C\c1c[nH]c2ccc(Br)cc12. The Kier molecular flexibility index (Phi) is 7.36. The summed E-state index contributed by atoms with van der Waals surface area (Å²) in [6.45, 7) is 0. The Balaban J connectivity index is 1.19. The first kappa shape index (κ1) is 22.9. The standard InChI is InChI=1S/C23H20Br2N6O2/c24-16-4-6-20-18(8-16)14(10-26-20)12-28-30-22(32)2-1-3-23(33)31-29-13-15-11-27-21-7-5-17(25)9-19(15)21/h4-13,26-27H,1-3H2,(H,30,32)(H,31,33)/b28-12-,29-13+. The highest BCUT2D eigenvalue weighted by atomic mass is 79.9. The highest BCUT2D eigenvalue weighted by Crippen LogP contribution is 2.22. The number of carbonyl (C=O) groups excluding carboxylic acids is 2. The van der Waals surface area contributed by atoms with E-state index in [4.69, 9.17) is 0 Å². The van der Waals surface area contributed by atoms with Crippen LogP contribution < -0.4 is 10.9 Å². The van der Waals surface area contributed by atoms with Crippen molar-refractivity contribution < 1.29 is 9.59 Å². The number of nitrogens with one attached hydrogen (secondary N) is 4. The van der Waals surface area contributed by atoms with Crippen molar-refractivity contribution in [1.29, 1.82) is 0 Å². The lowest BCUT2D eigenvalue weighted by Gasteiger charge is -2.00. The predicted octanol–water partition coefficient (Wildman–Crippen LogP) is 4.94. The van der Waals surface area contributed by atoms with Gasteiger partial charge in [0.1, 0.15) is 0 Å². The quantitative estimate of drug-likeness (QED) is 0.177. The molecule has 0 unspecified atom stereocenters. The fourth-order valence-corrected chi connectivity index (χ4v) is 4.03. The lowest BCUT2D eigenvalue weighted by Crippen LogP contribution is -2.20. The number of carbonyl (C=O) groups is 2. The number of H-pyrrole nitrogens is 2. The Morgan fingerprint density at radius 2 is 1.24 bits per heavy atom. The summed E-state index contributed by atoms with van der Waals surface area (Å²) < 4.78 is 1.93. The third kappa shape index (κ3) is 5.96. The number of hydrogen-bond donors (Lipinski definition) is 4. The number of hydrazone groups is 2. The molecule has 4 N–H and O–H groups in total. The van der Waals surface area contributed by atoms with E-state index < -0.39 is 0 Å². The van der Waals surface area contributed by atoms with Crippen LogP contribution in [0.4, 0.5) is 0 Å². The Morgan fingerprint density at radius 3 is 1.70 bits per heavy atom. The molecule has 0 aliphatic rings. The van der Waals surface area contributed by atoms with Gasteiger partial charge in [0.05, 0.1) is 12.4 Å². The van der Waals surface area contributed by atoms with Gasteiger partial charge in [-0.3, -0.25) is 9.59 Å². The van der Waals surface area contributed by atoms with Gasteiger partial charge < -0.3 is 9.97 Å². The minimum atomic E-state index is -0.257. The number of fused-ring (bicyclic) bond motifs is 2. The molecule has 0 radical (unpaired) electrons. The monoisotopic (exact) mass is 570 g/mol. The van der Waals surface area contributed by atoms with Crippen LogP contribution in [-0.4, -0.2) is 34.2 Å². The molecule has 2 amide bonds. The molecular formula is C23H20Br2N6O2. The highest BCUT2D eigenvalue weighted by Gasteiger charge is 2.06. The van der Waals surface area contributed by atoms with E-state index >= 15 is 0 Å². The molecule has 0 aliphatic carbocycles. The lowest BCUT2D eigenvalue weighted by molar-refractivity contribution is -0.122. The van der Waals surface area contributed by atoms with Gasteiger partial charge in [0, 0.05) is 67.1 Å². The van der Waals surface area contributed by atoms with Gasteiger partial charge in [0.2, 0.25) is 11.8 Å². The molecule has 33 heavy (non-hydrogen) atoms. The molecule has 0 bridgehead atoms. The Hall–Kier alpha value is -3.24. The smallest absolute Gasteiger partial charge is 0.240 e. The van der Waals surface area contributed by atoms with E-state index in [1.54, 1.807) is 12.4 Å². The van der Waals surface area contributed by atoms with Crippen molar-refractivity contribution in [2.75, 3.05) is 0 Å². The molecular weight excluding hydrogens is 552 g/mol. The molecule has 0 atom stereocenters. The van der Waals surface area contributed by atoms with Crippen LogP contribution in [0.1, 0.15) is 30.4 Å². The molecule has 4 aromatic rings. The molecule has 2 heterocycles. The van der Waals surface area contributed by atoms with Gasteiger partial charge >= 0.3 is 0 Å². The van der Waals surface area contributed by atoms with E-state index in [9.17, 15) is 9.59 Å². The molecule has 8 nitrogen and oxygen atoms in total. The largest absolute Gasteiger partial charge is 0.361 e. The van der Waals surface area contributed by atoms with Gasteiger partial charge in [0.25, 0.3) is 0 Å². The van der Waals surface area contributed by atoms with Crippen molar-refractivity contribution in [2.45, 2.75) is 19.3 Å². The third-order valence-electron chi connectivity index (χ3n) is 4.95. The summed E-state index contributed by atoms with van der Waals surface area (Å²) in [5.41, 5.74) is 8.69. The van der Waals surface area contributed by atoms with Crippen LogP contribution >= 0.6 is 31.9 Å². The minimum absolute atomic E-state index is 0.185. The van der Waals surface area contributed by atoms with Crippen molar-refractivity contribution in [3.63, 3.8) is 0 Å². The second kappa shape index (κ2) is 10.6. The van der Waals surface area contributed by atoms with Crippen LogP contribution in [0.2, 0.25) is 0 Å². The van der Waals surface area contributed by atoms with E-state index in [0.717, 1.165) is 41.9 Å². The maximum Gasteiger partial charge on any atom is 0.240 e. The Bertz CT molecular complexity index is 1270. The van der Waals surface area contributed by atoms with Gasteiger partial charge in [0.15, 0.2) is 0 Å². The van der Waals surface area contributed by atoms with Gasteiger partial charge in [-0.2, -0.15) is 10.2 Å². The number of hydrogen-bond acceptors (Lipinski definition) is 4. The van der Waals surface area contributed by atoms with Crippen molar-refractivity contribution in [2.24, 2.45) is 10.2 Å². The minimum Gasteiger partial charge on any atom is -0.361 e. The van der Waals surface area contributed by atoms with Crippen LogP contribution in [0.15, 0.2) is 67.9 Å². The molecule has 0 spiro atoms. The van der Waals surface area contributed by atoms with Crippen molar-refractivity contribution in [3.8, 4) is 0 Å². The maximum atomic E-state index is 12.0. The number of benzene rings is 2. The average molecular weight is 572 g/mol. The number of nitrogens with zero attached hydrogens (tertiary/aromatic N) is 2. The Labute approximate surface area is 206 Å². The zero-order valence-corrected chi connectivity index (χ0v) is 20.5. The van der Waals surface area contributed by atoms with Gasteiger partial charge in [-0.15, -0.1) is 0 Å². The summed E-state index contributed by atoms with van der Waals surface area (Å²) in [5.74, 6) is -0.513. The summed E-state index contributed by atoms with van der Waals surface area (Å²) in [6.07, 6.45) is 7.60. The second-order valence-electron chi connectivity index (χ2n) is 7.31. The molecule has 0 aliphatic heterocycles. The zero-order valence-electron chi connectivity index (χ0n) is 17.4. The first-order valence-electron chi connectivity index (χ1n) is 10.2. The second-order valence-corrected chi connectivity index (χ2v) is 9.14. The molecule has 2 aromatic heterocycles. The molecule has 4 rings (SSSR count). The topological polar surface area (TPSA) is 114 Å². The van der Waals surface area contributed by atoms with Crippen molar-refractivity contribution in [3.05, 3.63) is 68.9 Å². The lowest BCUT2D eigenvalue weighted by atomic mass is 10.2. The average Bonchev–Trinajstić information content (AvgIpc) is 3.37. The summed E-state index contributed by atoms with van der Waals surface area (Å²) >= 11 is 6.90.